The predicted molar refractivity (Wildman–Crippen MR) is 96.8 cm³/mol. The van der Waals surface area contributed by atoms with Gasteiger partial charge in [-0.15, -0.1) is 0 Å². The van der Waals surface area contributed by atoms with Crippen molar-refractivity contribution in [2.24, 2.45) is 10.9 Å². The summed E-state index contributed by atoms with van der Waals surface area (Å²) >= 11 is 0. The molecule has 0 N–H and O–H groups in total. The molecule has 0 unspecified atom stereocenters. The zero-order valence-electron chi connectivity index (χ0n) is 15.2. The van der Waals surface area contributed by atoms with Crippen LogP contribution in [0.3, 0.4) is 0 Å². The maximum atomic E-state index is 12.5. The highest BCUT2D eigenvalue weighted by Gasteiger charge is 2.21. The molecule has 0 radical (unpaired) electrons. The Labute approximate surface area is 142 Å². The smallest absolute Gasteiger partial charge is 0.227 e. The molecule has 4 nitrogen and oxygen atoms in total. The Morgan fingerprint density at radius 2 is 1.91 bits per heavy atom. The van der Waals surface area contributed by atoms with E-state index in [1.54, 1.807) is 0 Å². The Morgan fingerprint density at radius 1 is 1.13 bits per heavy atom. The molecular weight excluding hydrogens is 286 g/mol. The van der Waals surface area contributed by atoms with Crippen LogP contribution in [0.15, 0.2) is 4.99 Å². The van der Waals surface area contributed by atoms with Gasteiger partial charge in [-0.1, -0.05) is 26.2 Å². The van der Waals surface area contributed by atoms with Gasteiger partial charge in [0.25, 0.3) is 0 Å². The zero-order chi connectivity index (χ0) is 16.5. The standard InChI is InChI=1S/C19H35N3O/c1-3-5-11-18-20-13-15-21(16-17-9-6-7-10-17)14-8-12-19(23)22(18)4-2/h17H,3-16H2,1-2H3. The van der Waals surface area contributed by atoms with E-state index in [9.17, 15) is 4.79 Å². The average Bonchev–Trinajstić information content (AvgIpc) is 3.05. The lowest BCUT2D eigenvalue weighted by atomic mass is 10.1. The van der Waals surface area contributed by atoms with Gasteiger partial charge in [-0.2, -0.15) is 0 Å². The van der Waals surface area contributed by atoms with E-state index in [4.69, 9.17) is 4.99 Å². The number of amidine groups is 1. The van der Waals surface area contributed by atoms with Gasteiger partial charge in [-0.3, -0.25) is 9.79 Å². The van der Waals surface area contributed by atoms with Crippen molar-refractivity contribution in [3.8, 4) is 0 Å². The number of carbonyl (C=O) groups excluding carboxylic acids is 1. The molecule has 0 aromatic rings. The minimum absolute atomic E-state index is 0.269. The molecule has 1 amide bonds. The fourth-order valence-corrected chi connectivity index (χ4v) is 3.90. The highest BCUT2D eigenvalue weighted by Crippen LogP contribution is 2.25. The van der Waals surface area contributed by atoms with Crippen molar-refractivity contribution in [2.45, 2.75) is 71.6 Å². The van der Waals surface area contributed by atoms with Crippen molar-refractivity contribution >= 4 is 11.7 Å². The highest BCUT2D eigenvalue weighted by atomic mass is 16.2. The summed E-state index contributed by atoms with van der Waals surface area (Å²) in [5.41, 5.74) is 0. The third-order valence-electron chi connectivity index (χ3n) is 5.25. The molecule has 1 fully saturated rings. The van der Waals surface area contributed by atoms with Crippen molar-refractivity contribution in [1.29, 1.82) is 0 Å². The summed E-state index contributed by atoms with van der Waals surface area (Å²) in [7, 11) is 0. The Morgan fingerprint density at radius 3 is 2.61 bits per heavy atom. The fourth-order valence-electron chi connectivity index (χ4n) is 3.90. The van der Waals surface area contributed by atoms with Crippen LogP contribution in [0.4, 0.5) is 0 Å². The van der Waals surface area contributed by atoms with Crippen LogP contribution in [-0.2, 0) is 4.79 Å². The van der Waals surface area contributed by atoms with Gasteiger partial charge >= 0.3 is 0 Å². The quantitative estimate of drug-likeness (QED) is 0.747. The summed E-state index contributed by atoms with van der Waals surface area (Å²) in [6.45, 7) is 9.19. The fraction of sp³-hybridized carbons (Fsp3) is 0.895. The van der Waals surface area contributed by atoms with Gasteiger partial charge in [0.05, 0.1) is 6.54 Å². The first kappa shape index (κ1) is 18.4. The first-order chi connectivity index (χ1) is 11.2. The van der Waals surface area contributed by atoms with Crippen molar-refractivity contribution in [1.82, 2.24) is 9.80 Å². The zero-order valence-corrected chi connectivity index (χ0v) is 15.2. The Balaban J connectivity index is 1.98. The molecule has 0 aromatic heterocycles. The van der Waals surface area contributed by atoms with Crippen LogP contribution in [0.1, 0.15) is 71.6 Å². The lowest BCUT2D eigenvalue weighted by Gasteiger charge is -2.28. The van der Waals surface area contributed by atoms with Crippen molar-refractivity contribution in [3.05, 3.63) is 0 Å². The average molecular weight is 322 g/mol. The van der Waals surface area contributed by atoms with E-state index in [1.165, 1.54) is 32.2 Å². The number of hydrogen-bond donors (Lipinski definition) is 0. The molecule has 0 atom stereocenters. The van der Waals surface area contributed by atoms with Gasteiger partial charge in [0.1, 0.15) is 5.84 Å². The van der Waals surface area contributed by atoms with E-state index in [1.807, 2.05) is 4.90 Å². The molecule has 132 valence electrons. The molecule has 1 aliphatic carbocycles. The number of unbranched alkanes of at least 4 members (excludes halogenated alkanes) is 1. The topological polar surface area (TPSA) is 35.9 Å². The monoisotopic (exact) mass is 321 g/mol. The SMILES string of the molecule is CCCCC1=NCCN(CC2CCCC2)CCCC(=O)N1CC. The summed E-state index contributed by atoms with van der Waals surface area (Å²) < 4.78 is 0. The maximum absolute atomic E-state index is 12.5. The van der Waals surface area contributed by atoms with Gasteiger partial charge in [-0.05, 0) is 45.1 Å². The largest absolute Gasteiger partial charge is 0.301 e. The molecule has 1 heterocycles. The van der Waals surface area contributed by atoms with E-state index in [0.717, 1.165) is 63.6 Å². The molecule has 2 rings (SSSR count). The summed E-state index contributed by atoms with van der Waals surface area (Å²) in [6.07, 6.45) is 10.5. The summed E-state index contributed by atoms with van der Waals surface area (Å²) in [5.74, 6) is 2.18. The normalized spacial score (nSPS) is 22.4. The van der Waals surface area contributed by atoms with E-state index in [-0.39, 0.29) is 5.91 Å². The number of aliphatic imine (C=N–C) groups is 1. The molecule has 0 saturated heterocycles. The van der Waals surface area contributed by atoms with E-state index in [0.29, 0.717) is 6.42 Å². The Hall–Kier alpha value is -0.900. The molecule has 23 heavy (non-hydrogen) atoms. The van der Waals surface area contributed by atoms with Gasteiger partial charge in [0, 0.05) is 32.5 Å². The molecule has 0 aromatic carbocycles. The van der Waals surface area contributed by atoms with Gasteiger partial charge in [-0.25, -0.2) is 0 Å². The second kappa shape index (κ2) is 10.1. The summed E-state index contributed by atoms with van der Waals surface area (Å²) in [4.78, 5) is 21.8. The van der Waals surface area contributed by atoms with Crippen LogP contribution in [0.25, 0.3) is 0 Å². The number of amides is 1. The first-order valence-electron chi connectivity index (χ1n) is 9.80. The molecule has 0 spiro atoms. The first-order valence-corrected chi connectivity index (χ1v) is 9.80. The second-order valence-corrected chi connectivity index (χ2v) is 7.09. The predicted octanol–water partition coefficient (Wildman–Crippen LogP) is 3.71. The van der Waals surface area contributed by atoms with Crippen LogP contribution in [0.2, 0.25) is 0 Å². The van der Waals surface area contributed by atoms with Gasteiger partial charge in [0.15, 0.2) is 0 Å². The molecule has 2 aliphatic rings. The number of carbonyl (C=O) groups is 1. The van der Waals surface area contributed by atoms with Crippen LogP contribution in [0.5, 0.6) is 0 Å². The lowest BCUT2D eigenvalue weighted by molar-refractivity contribution is -0.127. The maximum Gasteiger partial charge on any atom is 0.227 e. The van der Waals surface area contributed by atoms with Crippen molar-refractivity contribution < 1.29 is 4.79 Å². The molecule has 0 bridgehead atoms. The molecule has 1 saturated carbocycles. The second-order valence-electron chi connectivity index (χ2n) is 7.09. The van der Waals surface area contributed by atoms with Crippen LogP contribution in [0, 0.1) is 5.92 Å². The number of nitrogens with zero attached hydrogens (tertiary/aromatic N) is 3. The lowest BCUT2D eigenvalue weighted by Crippen LogP contribution is -2.40. The van der Waals surface area contributed by atoms with Gasteiger partial charge in [0.2, 0.25) is 5.91 Å². The van der Waals surface area contributed by atoms with Crippen molar-refractivity contribution in [3.63, 3.8) is 0 Å². The van der Waals surface area contributed by atoms with E-state index < -0.39 is 0 Å². The van der Waals surface area contributed by atoms with Gasteiger partial charge < -0.3 is 9.80 Å². The van der Waals surface area contributed by atoms with E-state index in [2.05, 4.69) is 18.7 Å². The minimum Gasteiger partial charge on any atom is -0.301 e. The Bertz CT molecular complexity index is 388. The number of rotatable bonds is 6. The molecular formula is C19H35N3O. The van der Waals surface area contributed by atoms with Crippen molar-refractivity contribution in [2.75, 3.05) is 32.7 Å². The third-order valence-corrected chi connectivity index (χ3v) is 5.25. The Kier molecular flexibility index (Phi) is 8.07. The van der Waals surface area contributed by atoms with Crippen LogP contribution < -0.4 is 0 Å². The summed E-state index contributed by atoms with van der Waals surface area (Å²) in [5, 5.41) is 0. The molecule has 4 heteroatoms. The van der Waals surface area contributed by atoms with Crippen LogP contribution in [-0.4, -0.2) is 54.3 Å². The molecule has 1 aliphatic heterocycles. The van der Waals surface area contributed by atoms with Crippen LogP contribution >= 0.6 is 0 Å². The number of hydrogen-bond acceptors (Lipinski definition) is 3. The highest BCUT2D eigenvalue weighted by molar-refractivity contribution is 5.98. The third kappa shape index (κ3) is 5.91. The minimum atomic E-state index is 0.269. The van der Waals surface area contributed by atoms with E-state index >= 15 is 0 Å². The summed E-state index contributed by atoms with van der Waals surface area (Å²) in [6, 6.07) is 0.